The summed E-state index contributed by atoms with van der Waals surface area (Å²) in [7, 11) is 1.60. The monoisotopic (exact) mass is 521 g/mol. The van der Waals surface area contributed by atoms with Crippen LogP contribution < -0.4 is 10.1 Å². The third kappa shape index (κ3) is 4.97. The van der Waals surface area contributed by atoms with Gasteiger partial charge in [0, 0.05) is 36.2 Å². The molecule has 204 valence electrons. The van der Waals surface area contributed by atoms with Gasteiger partial charge in [0.25, 0.3) is 5.91 Å². The Balaban J connectivity index is 1.38. The number of carbonyl (C=O) groups excluding carboxylic acids is 4. The third-order valence-electron chi connectivity index (χ3n) is 9.09. The molecule has 3 fully saturated rings. The molecule has 2 heterocycles. The number of nitrogens with one attached hydrogen (secondary N) is 2. The number of ether oxygens (including phenoxy) is 1. The van der Waals surface area contributed by atoms with E-state index in [0.29, 0.717) is 36.7 Å². The summed E-state index contributed by atoms with van der Waals surface area (Å²) in [6.45, 7) is 4.45. The average Bonchev–Trinajstić information content (AvgIpc) is 3.63. The van der Waals surface area contributed by atoms with Crippen molar-refractivity contribution in [2.24, 2.45) is 23.7 Å². The van der Waals surface area contributed by atoms with Crippen LogP contribution in [0.3, 0.4) is 0 Å². The van der Waals surface area contributed by atoms with E-state index in [-0.39, 0.29) is 47.6 Å². The largest absolute Gasteiger partial charge is 0.496 e. The Bertz CT molecular complexity index is 1240. The summed E-state index contributed by atoms with van der Waals surface area (Å²) in [5.74, 6) is 0.889. The molecule has 5 rings (SSSR count). The number of aromatic amines is 1. The Morgan fingerprint density at radius 3 is 2.79 bits per heavy atom. The average molecular weight is 522 g/mol. The fourth-order valence-electron chi connectivity index (χ4n) is 7.04. The van der Waals surface area contributed by atoms with E-state index in [9.17, 15) is 19.2 Å². The van der Waals surface area contributed by atoms with Gasteiger partial charge >= 0.3 is 0 Å². The van der Waals surface area contributed by atoms with Gasteiger partial charge in [-0.3, -0.25) is 19.2 Å². The van der Waals surface area contributed by atoms with Crippen molar-refractivity contribution in [1.29, 1.82) is 0 Å². The Kier molecular flexibility index (Phi) is 7.59. The number of methoxy groups -OCH3 is 1. The Morgan fingerprint density at radius 2 is 2.03 bits per heavy atom. The fourth-order valence-corrected chi connectivity index (χ4v) is 7.04. The lowest BCUT2D eigenvalue weighted by Crippen LogP contribution is -2.53. The van der Waals surface area contributed by atoms with E-state index < -0.39 is 12.1 Å². The van der Waals surface area contributed by atoms with Crippen molar-refractivity contribution in [3.63, 3.8) is 0 Å². The van der Waals surface area contributed by atoms with Crippen LogP contribution in [0, 0.1) is 23.7 Å². The van der Waals surface area contributed by atoms with E-state index in [1.54, 1.807) is 25.0 Å². The van der Waals surface area contributed by atoms with E-state index >= 15 is 0 Å². The van der Waals surface area contributed by atoms with Crippen LogP contribution in [-0.4, -0.2) is 59.0 Å². The first-order chi connectivity index (χ1) is 18.3. The Morgan fingerprint density at radius 1 is 1.21 bits per heavy atom. The van der Waals surface area contributed by atoms with Gasteiger partial charge in [-0.05, 0) is 68.1 Å². The molecular weight excluding hydrogens is 482 g/mol. The van der Waals surface area contributed by atoms with Crippen molar-refractivity contribution in [2.45, 2.75) is 77.3 Å². The fraction of sp³-hybridized carbons (Fsp3) is 0.600. The molecule has 2 N–H and O–H groups in total. The van der Waals surface area contributed by atoms with Crippen molar-refractivity contribution in [3.8, 4) is 5.75 Å². The normalized spacial score (nSPS) is 27.8. The van der Waals surface area contributed by atoms with Crippen molar-refractivity contribution in [2.75, 3.05) is 13.7 Å². The second-order valence-corrected chi connectivity index (χ2v) is 11.5. The summed E-state index contributed by atoms with van der Waals surface area (Å²) in [4.78, 5) is 58.1. The summed E-state index contributed by atoms with van der Waals surface area (Å²) in [6.07, 6.45) is 5.73. The number of aromatic nitrogens is 1. The van der Waals surface area contributed by atoms with Crippen LogP contribution in [0.5, 0.6) is 5.75 Å². The highest BCUT2D eigenvalue weighted by atomic mass is 16.5. The molecule has 0 bridgehead atoms. The van der Waals surface area contributed by atoms with Gasteiger partial charge in [-0.15, -0.1) is 0 Å². The molecule has 1 aromatic heterocycles. The topological polar surface area (TPSA) is 109 Å². The lowest BCUT2D eigenvalue weighted by atomic mass is 9.78. The molecule has 2 aliphatic carbocycles. The zero-order valence-corrected chi connectivity index (χ0v) is 22.6. The minimum absolute atomic E-state index is 0.0639. The molecule has 1 aromatic carbocycles. The molecule has 1 saturated heterocycles. The number of amides is 2. The minimum Gasteiger partial charge on any atom is -0.496 e. The number of ketones is 2. The maximum absolute atomic E-state index is 13.9. The molecule has 2 saturated carbocycles. The zero-order chi connectivity index (χ0) is 27.0. The number of Topliss-reactive ketones (excluding diaryl/α,β-unsaturated/α-hetero) is 2. The van der Waals surface area contributed by atoms with Gasteiger partial charge in [0.15, 0.2) is 5.78 Å². The van der Waals surface area contributed by atoms with Crippen LogP contribution in [0.15, 0.2) is 24.3 Å². The number of fused-ring (bicyclic) bond motifs is 2. The Hall–Kier alpha value is -3.16. The predicted molar refractivity (Wildman–Crippen MR) is 144 cm³/mol. The summed E-state index contributed by atoms with van der Waals surface area (Å²) in [5.41, 5.74) is 1.22. The van der Waals surface area contributed by atoms with Crippen molar-refractivity contribution in [3.05, 3.63) is 30.0 Å². The molecule has 0 unspecified atom stereocenters. The smallest absolute Gasteiger partial charge is 0.271 e. The van der Waals surface area contributed by atoms with Gasteiger partial charge in [-0.1, -0.05) is 26.3 Å². The van der Waals surface area contributed by atoms with Crippen molar-refractivity contribution in [1.82, 2.24) is 15.2 Å². The molecule has 2 amide bonds. The Labute approximate surface area is 223 Å². The van der Waals surface area contributed by atoms with Gasteiger partial charge in [0.05, 0.1) is 13.2 Å². The highest BCUT2D eigenvalue weighted by Gasteiger charge is 2.50. The second kappa shape index (κ2) is 10.9. The molecule has 0 radical (unpaired) electrons. The second-order valence-electron chi connectivity index (χ2n) is 11.5. The summed E-state index contributed by atoms with van der Waals surface area (Å²) in [5, 5.41) is 3.84. The highest BCUT2D eigenvalue weighted by molar-refractivity contribution is 6.02. The lowest BCUT2D eigenvalue weighted by molar-refractivity contribution is -0.132. The number of hydrogen-bond donors (Lipinski definition) is 2. The van der Waals surface area contributed by atoms with Crippen LogP contribution in [0.2, 0.25) is 0 Å². The summed E-state index contributed by atoms with van der Waals surface area (Å²) in [6, 6.07) is 6.07. The first kappa shape index (κ1) is 26.4. The van der Waals surface area contributed by atoms with E-state index in [0.717, 1.165) is 43.0 Å². The molecule has 8 heteroatoms. The van der Waals surface area contributed by atoms with E-state index in [2.05, 4.69) is 17.2 Å². The van der Waals surface area contributed by atoms with Gasteiger partial charge < -0.3 is 19.9 Å². The van der Waals surface area contributed by atoms with E-state index in [4.69, 9.17) is 4.74 Å². The number of benzene rings is 1. The predicted octanol–water partition coefficient (Wildman–Crippen LogP) is 4.28. The maximum Gasteiger partial charge on any atom is 0.271 e. The molecule has 1 aliphatic heterocycles. The number of H-pyrrole nitrogens is 1. The lowest BCUT2D eigenvalue weighted by Gasteiger charge is -2.31. The molecule has 38 heavy (non-hydrogen) atoms. The van der Waals surface area contributed by atoms with Gasteiger partial charge in [0.2, 0.25) is 5.91 Å². The van der Waals surface area contributed by atoms with Crippen LogP contribution in [0.25, 0.3) is 10.9 Å². The molecule has 6 atom stereocenters. The standard InChI is InChI=1S/C30H39N3O5/c1-4-25(34)23(14-19-13-17(2)11-12-26(19)35)32-29(36)28-20-8-5-7-18(20)16-33(28)30(37)24-15-21-22(31-24)9-6-10-27(21)38-3/h6,9-10,15,17-20,23,28,31H,4-5,7-8,11-14,16H2,1-3H3,(H,32,36)/t17-,18+,19+,20+,23+,28+/m1/s1. The number of rotatable bonds is 8. The SMILES string of the molecule is CCC(=O)[C@H](C[C@@H]1C[C@H](C)CCC1=O)NC(=O)[C@@H]1[C@H]2CCC[C@H]2CN1C(=O)c1cc2c(OC)cccc2[nH]1. The van der Waals surface area contributed by atoms with Crippen LogP contribution in [0.1, 0.15) is 75.7 Å². The number of nitrogens with zero attached hydrogens (tertiary/aromatic N) is 1. The van der Waals surface area contributed by atoms with Crippen LogP contribution in [-0.2, 0) is 14.4 Å². The molecular formula is C30H39N3O5. The molecule has 8 nitrogen and oxygen atoms in total. The summed E-state index contributed by atoms with van der Waals surface area (Å²) < 4.78 is 5.45. The van der Waals surface area contributed by atoms with Crippen molar-refractivity contribution < 1.29 is 23.9 Å². The molecule has 3 aliphatic rings. The third-order valence-corrected chi connectivity index (χ3v) is 9.09. The quantitative estimate of drug-likeness (QED) is 0.539. The highest BCUT2D eigenvalue weighted by Crippen LogP contribution is 2.43. The van der Waals surface area contributed by atoms with E-state index in [1.165, 1.54) is 0 Å². The first-order valence-corrected chi connectivity index (χ1v) is 14.1. The zero-order valence-electron chi connectivity index (χ0n) is 22.6. The summed E-state index contributed by atoms with van der Waals surface area (Å²) >= 11 is 0. The number of likely N-dealkylation sites (tertiary alicyclic amines) is 1. The van der Waals surface area contributed by atoms with Gasteiger partial charge in [0.1, 0.15) is 23.3 Å². The number of carbonyl (C=O) groups is 4. The maximum atomic E-state index is 13.9. The minimum atomic E-state index is -0.707. The van der Waals surface area contributed by atoms with Crippen molar-refractivity contribution >= 4 is 34.3 Å². The first-order valence-electron chi connectivity index (χ1n) is 14.1. The van der Waals surface area contributed by atoms with E-state index in [1.807, 2.05) is 18.2 Å². The molecule has 0 spiro atoms. The van der Waals surface area contributed by atoms with Gasteiger partial charge in [-0.2, -0.15) is 0 Å². The van der Waals surface area contributed by atoms with Crippen LogP contribution in [0.4, 0.5) is 0 Å². The van der Waals surface area contributed by atoms with Gasteiger partial charge in [-0.25, -0.2) is 0 Å². The number of hydrogen-bond acceptors (Lipinski definition) is 5. The van der Waals surface area contributed by atoms with Crippen LogP contribution >= 0.6 is 0 Å². The molecule has 2 aromatic rings.